The quantitative estimate of drug-likeness (QED) is 0.572. The van der Waals surface area contributed by atoms with Crippen molar-refractivity contribution >= 4 is 17.0 Å². The Hall–Kier alpha value is -1.27. The molecule has 118 valence electrons. The highest BCUT2D eigenvalue weighted by molar-refractivity contribution is 7.78. The topological polar surface area (TPSA) is 66.4 Å². The predicted molar refractivity (Wildman–Crippen MR) is 78.4 cm³/mol. The van der Waals surface area contributed by atoms with Gasteiger partial charge in [-0.2, -0.15) is 0 Å². The van der Waals surface area contributed by atoms with Gasteiger partial charge >= 0.3 is 5.97 Å². The monoisotopic (exact) mass is 315 g/mol. The number of halogens is 1. The lowest BCUT2D eigenvalue weighted by molar-refractivity contribution is 0.0600. The number of carbonyl (C=O) groups excluding carboxylic acids is 1. The molecule has 2 unspecified atom stereocenters. The zero-order chi connectivity index (χ0) is 16.0. The average molecular weight is 315 g/mol. The number of esters is 1. The Morgan fingerprint density at radius 2 is 2.14 bits per heavy atom. The molecule has 0 amide bonds. The molecular weight excluding hydrogens is 295 g/mol. The van der Waals surface area contributed by atoms with Gasteiger partial charge in [-0.25, -0.2) is 9.18 Å². The summed E-state index contributed by atoms with van der Waals surface area (Å²) in [6.45, 7) is 3.40. The summed E-state index contributed by atoms with van der Waals surface area (Å²) in [5.41, 5.74) is -0.799. The number of methoxy groups -OCH3 is 1. The van der Waals surface area contributed by atoms with Gasteiger partial charge in [0.25, 0.3) is 0 Å². The van der Waals surface area contributed by atoms with Crippen LogP contribution in [-0.2, 0) is 27.2 Å². The Balaban J connectivity index is 3.23. The number of ether oxygens (including phenoxy) is 1. The average Bonchev–Trinajstić information content (AvgIpc) is 2.43. The largest absolute Gasteiger partial charge is 0.772 e. The highest BCUT2D eigenvalue weighted by Crippen LogP contribution is 2.34. The molecular formula is C15H20FO4S-. The summed E-state index contributed by atoms with van der Waals surface area (Å²) < 4.78 is 41.4. The van der Waals surface area contributed by atoms with Gasteiger partial charge < -0.3 is 9.29 Å². The van der Waals surface area contributed by atoms with Crippen molar-refractivity contribution in [2.45, 2.75) is 44.5 Å². The molecule has 0 N–H and O–H groups in total. The van der Waals surface area contributed by atoms with Crippen LogP contribution in [0.5, 0.6) is 0 Å². The van der Waals surface area contributed by atoms with Crippen LogP contribution in [0.2, 0.25) is 0 Å². The fourth-order valence-electron chi connectivity index (χ4n) is 2.24. The summed E-state index contributed by atoms with van der Waals surface area (Å²) >= 11 is -2.36. The van der Waals surface area contributed by atoms with E-state index < -0.39 is 22.7 Å². The van der Waals surface area contributed by atoms with Crippen LogP contribution in [0.4, 0.5) is 4.39 Å². The smallest absolute Gasteiger partial charge is 0.337 e. The highest BCUT2D eigenvalue weighted by Gasteiger charge is 2.28. The lowest BCUT2D eigenvalue weighted by Crippen LogP contribution is -2.19. The number of carbonyl (C=O) groups is 1. The molecule has 21 heavy (non-hydrogen) atoms. The van der Waals surface area contributed by atoms with Crippen LogP contribution in [0.1, 0.15) is 54.6 Å². The molecule has 1 aromatic carbocycles. The van der Waals surface area contributed by atoms with Crippen molar-refractivity contribution in [2.75, 3.05) is 7.11 Å². The number of alkyl halides is 1. The molecule has 0 aliphatic carbocycles. The van der Waals surface area contributed by atoms with Gasteiger partial charge in [-0.15, -0.1) is 0 Å². The van der Waals surface area contributed by atoms with E-state index in [1.54, 1.807) is 0 Å². The second kappa shape index (κ2) is 7.66. The Kier molecular flexibility index (Phi) is 6.48. The fraction of sp³-hybridized carbons (Fsp3) is 0.533. The van der Waals surface area contributed by atoms with E-state index in [0.717, 1.165) is 6.42 Å². The van der Waals surface area contributed by atoms with Crippen LogP contribution >= 0.6 is 0 Å². The van der Waals surface area contributed by atoms with Crippen molar-refractivity contribution in [1.29, 1.82) is 0 Å². The first kappa shape index (κ1) is 17.8. The van der Waals surface area contributed by atoms with Crippen molar-refractivity contribution in [3.8, 4) is 0 Å². The van der Waals surface area contributed by atoms with E-state index in [4.69, 9.17) is 0 Å². The summed E-state index contributed by atoms with van der Waals surface area (Å²) in [4.78, 5) is 11.5. The molecule has 6 heteroatoms. The minimum absolute atomic E-state index is 0.216. The van der Waals surface area contributed by atoms with E-state index in [1.807, 2.05) is 6.92 Å². The summed E-state index contributed by atoms with van der Waals surface area (Å²) in [5, 5.41) is 0. The standard InChI is InChI=1S/C15H21FO4S/c1-4-5-8-15(2,16)13-7-6-11(14(17)20-3)9-12(13)10-21(18)19/h6-7,9H,4-5,8,10H2,1-3H3,(H,18,19)/p-1. The third kappa shape index (κ3) is 4.89. The number of hydrogen-bond acceptors (Lipinski definition) is 4. The first-order valence-corrected chi connectivity index (χ1v) is 8.02. The Morgan fingerprint density at radius 3 is 2.67 bits per heavy atom. The van der Waals surface area contributed by atoms with Gasteiger partial charge in [-0.3, -0.25) is 4.21 Å². The molecule has 0 aliphatic rings. The number of rotatable bonds is 7. The van der Waals surface area contributed by atoms with Crippen LogP contribution < -0.4 is 0 Å². The fourth-order valence-corrected chi connectivity index (χ4v) is 2.73. The minimum Gasteiger partial charge on any atom is -0.772 e. The molecule has 0 spiro atoms. The molecule has 0 aliphatic heterocycles. The highest BCUT2D eigenvalue weighted by atomic mass is 32.2. The third-order valence-corrected chi connectivity index (χ3v) is 3.91. The SMILES string of the molecule is CCCCC(C)(F)c1ccc(C(=O)OC)cc1CS(=O)[O-]. The van der Waals surface area contributed by atoms with Gasteiger partial charge in [-0.05, 0) is 36.6 Å². The zero-order valence-electron chi connectivity index (χ0n) is 12.5. The van der Waals surface area contributed by atoms with E-state index >= 15 is 0 Å². The number of unbranched alkanes of at least 4 members (excludes halogenated alkanes) is 1. The molecule has 1 aromatic rings. The maximum absolute atomic E-state index is 14.8. The maximum Gasteiger partial charge on any atom is 0.337 e. The second-order valence-corrected chi connectivity index (χ2v) is 6.01. The lowest BCUT2D eigenvalue weighted by atomic mass is 9.88. The Labute approximate surface area is 127 Å². The molecule has 0 saturated heterocycles. The number of hydrogen-bond donors (Lipinski definition) is 0. The van der Waals surface area contributed by atoms with E-state index in [9.17, 15) is 17.9 Å². The Morgan fingerprint density at radius 1 is 1.48 bits per heavy atom. The third-order valence-electron chi connectivity index (χ3n) is 3.36. The van der Waals surface area contributed by atoms with Gasteiger partial charge in [0, 0.05) is 5.75 Å². The maximum atomic E-state index is 14.8. The van der Waals surface area contributed by atoms with Crippen molar-refractivity contribution < 1.29 is 22.7 Å². The summed E-state index contributed by atoms with van der Waals surface area (Å²) in [7, 11) is 1.24. The van der Waals surface area contributed by atoms with Gasteiger partial charge in [0.15, 0.2) is 0 Å². The summed E-state index contributed by atoms with van der Waals surface area (Å²) in [6.07, 6.45) is 1.85. The molecule has 0 saturated carbocycles. The Bertz CT molecular complexity index is 528. The van der Waals surface area contributed by atoms with Crippen molar-refractivity contribution in [3.63, 3.8) is 0 Å². The minimum atomic E-state index is -2.36. The number of benzene rings is 1. The molecule has 4 nitrogen and oxygen atoms in total. The first-order chi connectivity index (χ1) is 9.81. The first-order valence-electron chi connectivity index (χ1n) is 6.78. The van der Waals surface area contributed by atoms with Crippen LogP contribution in [-0.4, -0.2) is 21.8 Å². The zero-order valence-corrected chi connectivity index (χ0v) is 13.3. The van der Waals surface area contributed by atoms with Crippen LogP contribution in [0, 0.1) is 0 Å². The summed E-state index contributed by atoms with van der Waals surface area (Å²) in [5.74, 6) is -0.903. The van der Waals surface area contributed by atoms with Gasteiger partial charge in [-0.1, -0.05) is 36.9 Å². The van der Waals surface area contributed by atoms with Crippen LogP contribution in [0.15, 0.2) is 18.2 Å². The summed E-state index contributed by atoms with van der Waals surface area (Å²) in [6, 6.07) is 4.33. The molecule has 0 heterocycles. The van der Waals surface area contributed by atoms with Crippen molar-refractivity contribution in [3.05, 3.63) is 34.9 Å². The molecule has 1 rings (SSSR count). The molecule has 0 bridgehead atoms. The second-order valence-electron chi connectivity index (χ2n) is 5.11. The predicted octanol–water partition coefficient (Wildman–Crippen LogP) is 3.23. The van der Waals surface area contributed by atoms with E-state index in [0.29, 0.717) is 24.0 Å². The lowest BCUT2D eigenvalue weighted by Gasteiger charge is -2.24. The van der Waals surface area contributed by atoms with E-state index in [1.165, 1.54) is 32.2 Å². The van der Waals surface area contributed by atoms with Gasteiger partial charge in [0.05, 0.1) is 12.7 Å². The van der Waals surface area contributed by atoms with Crippen molar-refractivity contribution in [1.82, 2.24) is 0 Å². The van der Waals surface area contributed by atoms with E-state index in [-0.39, 0.29) is 11.3 Å². The molecule has 0 fully saturated rings. The van der Waals surface area contributed by atoms with Gasteiger partial charge in [0.1, 0.15) is 5.67 Å². The van der Waals surface area contributed by atoms with E-state index in [2.05, 4.69) is 4.74 Å². The van der Waals surface area contributed by atoms with Crippen LogP contribution in [0.25, 0.3) is 0 Å². The van der Waals surface area contributed by atoms with Crippen molar-refractivity contribution in [2.24, 2.45) is 0 Å². The molecule has 0 radical (unpaired) electrons. The van der Waals surface area contributed by atoms with Gasteiger partial charge in [0.2, 0.25) is 0 Å². The van der Waals surface area contributed by atoms with Crippen LogP contribution in [0.3, 0.4) is 0 Å². The molecule has 2 atom stereocenters. The normalized spacial score (nSPS) is 15.3. The molecule has 0 aromatic heterocycles.